The van der Waals surface area contributed by atoms with Crippen LogP contribution in [-0.4, -0.2) is 23.4 Å². The van der Waals surface area contributed by atoms with Crippen LogP contribution in [0.4, 0.5) is 4.39 Å². The van der Waals surface area contributed by atoms with E-state index in [1.807, 2.05) is 13.0 Å². The topological polar surface area (TPSA) is 41.6 Å². The van der Waals surface area contributed by atoms with Gasteiger partial charge in [0.1, 0.15) is 5.82 Å². The van der Waals surface area contributed by atoms with Crippen LogP contribution < -0.4 is 5.73 Å². The van der Waals surface area contributed by atoms with Crippen LogP contribution in [0.25, 0.3) is 0 Å². The predicted octanol–water partition coefficient (Wildman–Crippen LogP) is 3.38. The molecule has 0 saturated heterocycles. The molecule has 1 heterocycles. The van der Waals surface area contributed by atoms with Gasteiger partial charge in [-0.25, -0.2) is 4.39 Å². The number of hydrogen-bond donors (Lipinski definition) is 1. The first-order chi connectivity index (χ1) is 9.52. The van der Waals surface area contributed by atoms with E-state index < -0.39 is 5.54 Å². The van der Waals surface area contributed by atoms with Crippen LogP contribution in [-0.2, 0) is 5.54 Å². The molecule has 1 fully saturated rings. The second-order valence-electron chi connectivity index (χ2n) is 5.88. The summed E-state index contributed by atoms with van der Waals surface area (Å²) in [5.41, 5.74) is 6.29. The Labute approximate surface area is 127 Å². The van der Waals surface area contributed by atoms with Crippen molar-refractivity contribution in [3.05, 3.63) is 34.1 Å². The predicted molar refractivity (Wildman–Crippen MR) is 82.0 cm³/mol. The molecular weight excluding hydrogens is 321 g/mol. The monoisotopic (exact) mass is 339 g/mol. The molecule has 5 heteroatoms. The molecule has 1 aliphatic heterocycles. The van der Waals surface area contributed by atoms with Gasteiger partial charge in [-0.1, -0.05) is 28.8 Å². The van der Waals surface area contributed by atoms with Crippen molar-refractivity contribution >= 4 is 21.9 Å². The van der Waals surface area contributed by atoms with Gasteiger partial charge < -0.3 is 10.6 Å². The van der Waals surface area contributed by atoms with E-state index in [1.165, 1.54) is 18.9 Å². The zero-order chi connectivity index (χ0) is 14.3. The van der Waals surface area contributed by atoms with E-state index in [4.69, 9.17) is 5.73 Å². The molecule has 0 aromatic heterocycles. The average molecular weight is 340 g/mol. The van der Waals surface area contributed by atoms with Gasteiger partial charge in [0.25, 0.3) is 0 Å². The third kappa shape index (κ3) is 2.12. The number of halogens is 2. The molecular formula is C15H19BrFN3. The highest BCUT2D eigenvalue weighted by atomic mass is 79.9. The van der Waals surface area contributed by atoms with Crippen LogP contribution in [0.2, 0.25) is 0 Å². The fraction of sp³-hybridized carbons (Fsp3) is 0.533. The van der Waals surface area contributed by atoms with Crippen LogP contribution in [0, 0.1) is 5.82 Å². The summed E-state index contributed by atoms with van der Waals surface area (Å²) in [7, 11) is 0. The molecule has 20 heavy (non-hydrogen) atoms. The third-order valence-electron chi connectivity index (χ3n) is 4.53. The van der Waals surface area contributed by atoms with Crippen molar-refractivity contribution in [3.63, 3.8) is 0 Å². The normalized spacial score (nSPS) is 27.1. The number of benzene rings is 1. The second kappa shape index (κ2) is 5.02. The largest absolute Gasteiger partial charge is 0.370 e. The first kappa shape index (κ1) is 13.9. The Kier molecular flexibility index (Phi) is 3.48. The maximum absolute atomic E-state index is 14.3. The van der Waals surface area contributed by atoms with Crippen molar-refractivity contribution in [2.45, 2.75) is 44.2 Å². The number of nitrogens with two attached hydrogens (primary N) is 1. The van der Waals surface area contributed by atoms with E-state index in [2.05, 4.69) is 25.8 Å². The number of nitrogens with zero attached hydrogens (tertiary/aromatic N) is 2. The van der Waals surface area contributed by atoms with Crippen molar-refractivity contribution in [3.8, 4) is 0 Å². The van der Waals surface area contributed by atoms with Gasteiger partial charge in [0.05, 0.1) is 12.1 Å². The van der Waals surface area contributed by atoms with Crippen molar-refractivity contribution < 1.29 is 4.39 Å². The maximum Gasteiger partial charge on any atom is 0.192 e. The van der Waals surface area contributed by atoms with Gasteiger partial charge in [-0.15, -0.1) is 0 Å². The highest BCUT2D eigenvalue weighted by molar-refractivity contribution is 9.10. The van der Waals surface area contributed by atoms with Gasteiger partial charge in [0.2, 0.25) is 0 Å². The van der Waals surface area contributed by atoms with Crippen LogP contribution in [0.1, 0.15) is 38.2 Å². The summed E-state index contributed by atoms with van der Waals surface area (Å²) in [6, 6.07) is 5.46. The molecule has 1 saturated carbocycles. The highest BCUT2D eigenvalue weighted by Crippen LogP contribution is 2.40. The molecule has 0 radical (unpaired) electrons. The molecule has 0 amide bonds. The Morgan fingerprint density at radius 1 is 1.40 bits per heavy atom. The van der Waals surface area contributed by atoms with Gasteiger partial charge >= 0.3 is 0 Å². The molecule has 1 aromatic rings. The number of aliphatic imine (C=N–C) groups is 1. The molecule has 0 bridgehead atoms. The summed E-state index contributed by atoms with van der Waals surface area (Å²) in [6.07, 6.45) is 4.65. The number of rotatable bonds is 2. The third-order valence-corrected chi connectivity index (χ3v) is 5.02. The molecule has 1 atom stereocenters. The lowest BCUT2D eigenvalue weighted by Crippen LogP contribution is -2.52. The summed E-state index contributed by atoms with van der Waals surface area (Å²) < 4.78 is 15.2. The van der Waals surface area contributed by atoms with E-state index >= 15 is 0 Å². The SMILES string of the molecule is CC1(c2cc(Br)ccc2F)CN=C(N)N1C1CCCC1. The Hall–Kier alpha value is -1.10. The average Bonchev–Trinajstić information content (AvgIpc) is 3.01. The van der Waals surface area contributed by atoms with Crippen molar-refractivity contribution in [1.82, 2.24) is 4.90 Å². The van der Waals surface area contributed by atoms with E-state index in [0.29, 0.717) is 24.1 Å². The quantitative estimate of drug-likeness (QED) is 0.897. The fourth-order valence-corrected chi connectivity index (χ4v) is 3.88. The van der Waals surface area contributed by atoms with E-state index in [1.54, 1.807) is 6.07 Å². The fourth-order valence-electron chi connectivity index (χ4n) is 3.52. The van der Waals surface area contributed by atoms with Gasteiger partial charge in [0.15, 0.2) is 5.96 Å². The Bertz CT molecular complexity index is 554. The van der Waals surface area contributed by atoms with Crippen LogP contribution in [0.5, 0.6) is 0 Å². The molecule has 108 valence electrons. The lowest BCUT2D eigenvalue weighted by molar-refractivity contribution is 0.162. The van der Waals surface area contributed by atoms with Crippen LogP contribution >= 0.6 is 15.9 Å². The minimum atomic E-state index is -0.479. The van der Waals surface area contributed by atoms with Gasteiger partial charge in [-0.05, 0) is 38.0 Å². The zero-order valence-electron chi connectivity index (χ0n) is 11.6. The van der Waals surface area contributed by atoms with E-state index in [9.17, 15) is 4.39 Å². The first-order valence-electron chi connectivity index (χ1n) is 7.07. The summed E-state index contributed by atoms with van der Waals surface area (Å²) in [4.78, 5) is 6.54. The molecule has 0 spiro atoms. The Morgan fingerprint density at radius 3 is 2.80 bits per heavy atom. The molecule has 3 nitrogen and oxygen atoms in total. The van der Waals surface area contributed by atoms with E-state index in [0.717, 1.165) is 17.3 Å². The van der Waals surface area contributed by atoms with Crippen molar-refractivity contribution in [2.24, 2.45) is 10.7 Å². The minimum absolute atomic E-state index is 0.191. The number of hydrogen-bond acceptors (Lipinski definition) is 3. The van der Waals surface area contributed by atoms with Gasteiger partial charge in [-0.2, -0.15) is 0 Å². The molecule has 2 aliphatic rings. The lowest BCUT2D eigenvalue weighted by atomic mass is 9.89. The zero-order valence-corrected chi connectivity index (χ0v) is 13.2. The van der Waals surface area contributed by atoms with Crippen LogP contribution in [0.15, 0.2) is 27.7 Å². The van der Waals surface area contributed by atoms with Gasteiger partial charge in [-0.3, -0.25) is 4.99 Å². The highest BCUT2D eigenvalue weighted by Gasteiger charge is 2.45. The van der Waals surface area contributed by atoms with Crippen molar-refractivity contribution in [2.75, 3.05) is 6.54 Å². The summed E-state index contributed by atoms with van der Waals surface area (Å²) >= 11 is 3.43. The first-order valence-corrected chi connectivity index (χ1v) is 7.86. The maximum atomic E-state index is 14.3. The molecule has 2 N–H and O–H groups in total. The minimum Gasteiger partial charge on any atom is -0.370 e. The summed E-state index contributed by atoms with van der Waals surface area (Å²) in [5.74, 6) is 0.363. The molecule has 1 unspecified atom stereocenters. The van der Waals surface area contributed by atoms with Crippen LogP contribution in [0.3, 0.4) is 0 Å². The lowest BCUT2D eigenvalue weighted by Gasteiger charge is -2.41. The second-order valence-corrected chi connectivity index (χ2v) is 6.80. The Morgan fingerprint density at radius 2 is 2.10 bits per heavy atom. The van der Waals surface area contributed by atoms with E-state index in [-0.39, 0.29) is 5.82 Å². The smallest absolute Gasteiger partial charge is 0.192 e. The molecule has 1 aromatic carbocycles. The Balaban J connectivity index is 2.03. The summed E-state index contributed by atoms with van der Waals surface area (Å²) in [6.45, 7) is 2.56. The standard InChI is InChI=1S/C15H19BrFN3/c1-15(12-8-10(16)6-7-13(12)17)9-19-14(18)20(15)11-4-2-3-5-11/h6-8,11H,2-5,9H2,1H3,(H2,18,19). The molecule has 1 aliphatic carbocycles. The van der Waals surface area contributed by atoms with Gasteiger partial charge in [0, 0.05) is 16.1 Å². The summed E-state index contributed by atoms with van der Waals surface area (Å²) in [5, 5.41) is 0. The van der Waals surface area contributed by atoms with Crippen molar-refractivity contribution in [1.29, 1.82) is 0 Å². The number of guanidine groups is 1. The molecule has 3 rings (SSSR count).